The average Bonchev–Trinajstić information content (AvgIpc) is 3.59. The fourth-order valence-electron chi connectivity index (χ4n) is 6.70. The van der Waals surface area contributed by atoms with E-state index in [9.17, 15) is 0 Å². The van der Waals surface area contributed by atoms with Gasteiger partial charge in [-0.1, -0.05) is 72.8 Å². The van der Waals surface area contributed by atoms with E-state index in [1.165, 1.54) is 71.5 Å². The molecule has 2 nitrogen and oxygen atoms in total. The predicted octanol–water partition coefficient (Wildman–Crippen LogP) is 9.22. The second-order valence-corrected chi connectivity index (χ2v) is 10.2. The highest BCUT2D eigenvalue weighted by molar-refractivity contribution is 6.27. The first-order valence-electron chi connectivity index (χ1n) is 12.6. The van der Waals surface area contributed by atoms with E-state index in [0.29, 0.717) is 5.92 Å². The Morgan fingerprint density at radius 2 is 1.44 bits per heavy atom. The minimum absolute atomic E-state index is 0.340. The Bertz CT molecular complexity index is 2080. The van der Waals surface area contributed by atoms with Crippen molar-refractivity contribution in [3.05, 3.63) is 114 Å². The van der Waals surface area contributed by atoms with Gasteiger partial charge in [-0.15, -0.1) is 0 Å². The number of benzene rings is 5. The van der Waals surface area contributed by atoms with Crippen molar-refractivity contribution in [2.24, 2.45) is 0 Å². The van der Waals surface area contributed by atoms with Gasteiger partial charge in [0, 0.05) is 33.3 Å². The fraction of sp³-hybridized carbons (Fsp3) is 0.0588. The summed E-state index contributed by atoms with van der Waals surface area (Å²) in [5, 5.41) is 6.40. The molecule has 36 heavy (non-hydrogen) atoms. The highest BCUT2D eigenvalue weighted by atomic mass is 16.3. The summed E-state index contributed by atoms with van der Waals surface area (Å²) in [6.45, 7) is 0. The van der Waals surface area contributed by atoms with E-state index in [-0.39, 0.29) is 0 Å². The van der Waals surface area contributed by atoms with Crippen molar-refractivity contribution >= 4 is 49.7 Å². The van der Waals surface area contributed by atoms with Gasteiger partial charge in [-0.3, -0.25) is 0 Å². The molecule has 9 rings (SSSR count). The summed E-state index contributed by atoms with van der Waals surface area (Å²) in [7, 11) is 0. The van der Waals surface area contributed by atoms with Crippen LogP contribution in [0.5, 0.6) is 0 Å². The Morgan fingerprint density at radius 1 is 0.639 bits per heavy atom. The van der Waals surface area contributed by atoms with E-state index in [0.717, 1.165) is 17.6 Å². The van der Waals surface area contributed by atoms with Gasteiger partial charge in [0.05, 0.1) is 0 Å². The molecule has 7 aromatic rings. The number of fused-ring (bicyclic) bond motifs is 10. The number of hydrogen-bond acceptors (Lipinski definition) is 1. The van der Waals surface area contributed by atoms with Gasteiger partial charge in [0.2, 0.25) is 0 Å². The van der Waals surface area contributed by atoms with Crippen molar-refractivity contribution in [1.29, 1.82) is 0 Å². The Hall–Kier alpha value is -4.56. The van der Waals surface area contributed by atoms with Crippen LogP contribution in [-0.2, 0) is 6.42 Å². The molecule has 2 heteroatoms. The van der Waals surface area contributed by atoms with E-state index in [1.54, 1.807) is 0 Å². The van der Waals surface area contributed by atoms with Gasteiger partial charge in [-0.05, 0) is 80.9 Å². The number of H-pyrrole nitrogens is 1. The molecule has 0 spiro atoms. The first-order valence-corrected chi connectivity index (χ1v) is 12.6. The SMILES string of the molecule is C1=CC(c2ccc3oc4cc5c6c(cccc6c4c3c2)-c2ccccc2-5)Cc2c1[nH]c1ccccc21. The molecule has 1 N–H and O–H groups in total. The van der Waals surface area contributed by atoms with Crippen LogP contribution in [0.1, 0.15) is 22.7 Å². The number of nitrogens with one attached hydrogen (secondary N) is 1. The number of para-hydroxylation sites is 1. The summed E-state index contributed by atoms with van der Waals surface area (Å²) < 4.78 is 6.46. The minimum Gasteiger partial charge on any atom is -0.456 e. The first-order chi connectivity index (χ1) is 17.8. The number of furan rings is 1. The van der Waals surface area contributed by atoms with Crippen molar-refractivity contribution in [2.45, 2.75) is 12.3 Å². The lowest BCUT2D eigenvalue weighted by Crippen LogP contribution is -2.04. The zero-order valence-corrected chi connectivity index (χ0v) is 19.5. The topological polar surface area (TPSA) is 28.9 Å². The van der Waals surface area contributed by atoms with Crippen molar-refractivity contribution in [2.75, 3.05) is 0 Å². The second kappa shape index (κ2) is 6.56. The zero-order valence-electron chi connectivity index (χ0n) is 19.5. The normalized spacial score (nSPS) is 15.8. The molecule has 0 bridgehead atoms. The number of allylic oxidation sites excluding steroid dienone is 1. The monoisotopic (exact) mass is 459 g/mol. The standard InChI is InChI=1S/C34H21NO/c1-2-7-22-21(6-1)24-9-5-10-25-33(24)27(22)18-32-34(25)28-17-20(13-15-31(28)36-32)19-12-14-30-26(16-19)23-8-3-4-11-29(23)35-30/h1-15,17-19,35H,16H2. The van der Waals surface area contributed by atoms with Crippen LogP contribution in [0.2, 0.25) is 0 Å². The molecular weight excluding hydrogens is 438 g/mol. The van der Waals surface area contributed by atoms with Crippen LogP contribution >= 0.6 is 0 Å². The van der Waals surface area contributed by atoms with E-state index in [4.69, 9.17) is 4.42 Å². The number of hydrogen-bond donors (Lipinski definition) is 1. The van der Waals surface area contributed by atoms with Crippen LogP contribution < -0.4 is 0 Å². The number of aromatic nitrogens is 1. The third-order valence-corrected chi connectivity index (χ3v) is 8.32. The molecule has 1 atom stereocenters. The Balaban J connectivity index is 1.26. The van der Waals surface area contributed by atoms with Crippen LogP contribution in [-0.4, -0.2) is 4.98 Å². The zero-order chi connectivity index (χ0) is 23.4. The maximum absolute atomic E-state index is 6.46. The molecule has 2 heterocycles. The summed E-state index contributed by atoms with van der Waals surface area (Å²) >= 11 is 0. The second-order valence-electron chi connectivity index (χ2n) is 10.2. The molecule has 168 valence electrons. The molecule has 0 saturated carbocycles. The van der Waals surface area contributed by atoms with Crippen LogP contribution in [0.4, 0.5) is 0 Å². The van der Waals surface area contributed by atoms with Crippen LogP contribution in [0.3, 0.4) is 0 Å². The lowest BCUT2D eigenvalue weighted by atomic mass is 9.86. The summed E-state index contributed by atoms with van der Waals surface area (Å²) in [6, 6.07) is 33.1. The smallest absolute Gasteiger partial charge is 0.136 e. The quantitative estimate of drug-likeness (QED) is 0.260. The van der Waals surface area contributed by atoms with Gasteiger partial charge in [0.15, 0.2) is 0 Å². The molecule has 0 amide bonds. The maximum Gasteiger partial charge on any atom is 0.136 e. The summed E-state index contributed by atoms with van der Waals surface area (Å²) in [4.78, 5) is 3.58. The maximum atomic E-state index is 6.46. The molecule has 2 aliphatic rings. The van der Waals surface area contributed by atoms with Crippen molar-refractivity contribution in [3.8, 4) is 22.3 Å². The molecule has 2 aliphatic carbocycles. The van der Waals surface area contributed by atoms with Gasteiger partial charge in [-0.2, -0.15) is 0 Å². The molecule has 0 saturated heterocycles. The molecule has 0 aliphatic heterocycles. The van der Waals surface area contributed by atoms with Crippen LogP contribution in [0.25, 0.3) is 71.9 Å². The Labute approximate surface area is 207 Å². The Kier molecular flexibility index (Phi) is 3.41. The minimum atomic E-state index is 0.340. The third-order valence-electron chi connectivity index (χ3n) is 8.32. The third kappa shape index (κ3) is 2.31. The largest absolute Gasteiger partial charge is 0.456 e. The van der Waals surface area contributed by atoms with Gasteiger partial charge in [0.1, 0.15) is 11.2 Å². The van der Waals surface area contributed by atoms with Gasteiger partial charge in [-0.25, -0.2) is 0 Å². The van der Waals surface area contributed by atoms with E-state index in [2.05, 4.69) is 108 Å². The molecule has 1 unspecified atom stereocenters. The van der Waals surface area contributed by atoms with Crippen LogP contribution in [0.15, 0.2) is 101 Å². The summed E-state index contributed by atoms with van der Waals surface area (Å²) in [5.74, 6) is 0.340. The summed E-state index contributed by atoms with van der Waals surface area (Å²) in [5.41, 5.74) is 12.4. The van der Waals surface area contributed by atoms with Crippen molar-refractivity contribution < 1.29 is 4.42 Å². The van der Waals surface area contributed by atoms with Crippen molar-refractivity contribution in [1.82, 2.24) is 4.98 Å². The average molecular weight is 460 g/mol. The molecule has 5 aromatic carbocycles. The van der Waals surface area contributed by atoms with E-state index >= 15 is 0 Å². The Morgan fingerprint density at radius 3 is 2.39 bits per heavy atom. The molecular formula is C34H21NO. The molecule has 2 aromatic heterocycles. The lowest BCUT2D eigenvalue weighted by Gasteiger charge is -2.18. The van der Waals surface area contributed by atoms with Gasteiger partial charge >= 0.3 is 0 Å². The fourth-order valence-corrected chi connectivity index (χ4v) is 6.70. The lowest BCUT2D eigenvalue weighted by molar-refractivity contribution is 0.669. The highest BCUT2D eigenvalue weighted by Gasteiger charge is 2.25. The number of aromatic amines is 1. The predicted molar refractivity (Wildman–Crippen MR) is 149 cm³/mol. The van der Waals surface area contributed by atoms with E-state index < -0.39 is 0 Å². The van der Waals surface area contributed by atoms with Crippen molar-refractivity contribution in [3.63, 3.8) is 0 Å². The van der Waals surface area contributed by atoms with E-state index in [1.807, 2.05) is 0 Å². The first kappa shape index (κ1) is 18.7. The van der Waals surface area contributed by atoms with Gasteiger partial charge < -0.3 is 9.40 Å². The number of rotatable bonds is 1. The molecule has 0 fully saturated rings. The molecule has 0 radical (unpaired) electrons. The van der Waals surface area contributed by atoms with Gasteiger partial charge in [0.25, 0.3) is 0 Å². The van der Waals surface area contributed by atoms with Crippen LogP contribution in [0, 0.1) is 0 Å². The highest BCUT2D eigenvalue weighted by Crippen LogP contribution is 2.50. The summed E-state index contributed by atoms with van der Waals surface area (Å²) in [6.07, 6.45) is 5.61.